The van der Waals surface area contributed by atoms with Crippen LogP contribution in [0.4, 0.5) is 0 Å². The predicted molar refractivity (Wildman–Crippen MR) is 134 cm³/mol. The van der Waals surface area contributed by atoms with Crippen LogP contribution in [0.25, 0.3) is 0 Å². The highest BCUT2D eigenvalue weighted by Gasteiger charge is 2.49. The van der Waals surface area contributed by atoms with Crippen LogP contribution < -0.4 is 10.4 Å². The van der Waals surface area contributed by atoms with Gasteiger partial charge in [-0.1, -0.05) is 136 Å². The lowest BCUT2D eigenvalue weighted by molar-refractivity contribution is 0.286. The van der Waals surface area contributed by atoms with Gasteiger partial charge in [-0.3, -0.25) is 0 Å². The predicted octanol–water partition coefficient (Wildman–Crippen LogP) is 7.08. The first-order chi connectivity index (χ1) is 14.0. The zero-order chi connectivity index (χ0) is 21.0. The number of hydrogen-bond donors (Lipinski definition) is 0. The second-order valence-corrected chi connectivity index (χ2v) is 14.1. The minimum Gasteiger partial charge on any atom is -0.407 e. The molecule has 160 valence electrons. The third-order valence-corrected chi connectivity index (χ3v) is 11.4. The minimum absolute atomic E-state index is 0.0745. The summed E-state index contributed by atoms with van der Waals surface area (Å²) < 4.78 is 6.96. The first kappa shape index (κ1) is 24.4. The number of halogens is 1. The molecule has 3 heteroatoms. The highest BCUT2D eigenvalue weighted by Crippen LogP contribution is 2.36. The fourth-order valence-electron chi connectivity index (χ4n) is 4.24. The number of hydrogen-bond acceptors (Lipinski definition) is 1. The maximum absolute atomic E-state index is 6.96. The van der Waals surface area contributed by atoms with Crippen molar-refractivity contribution < 1.29 is 4.43 Å². The number of unbranched alkanes of at least 4 members (excludes halogenated alkanes) is 7. The van der Waals surface area contributed by atoms with Gasteiger partial charge < -0.3 is 4.43 Å². The third-order valence-electron chi connectivity index (χ3n) is 5.76. The van der Waals surface area contributed by atoms with Crippen molar-refractivity contribution in [2.45, 2.75) is 77.2 Å². The molecule has 0 amide bonds. The number of rotatable bonds is 13. The van der Waals surface area contributed by atoms with E-state index in [4.69, 9.17) is 4.43 Å². The maximum atomic E-state index is 6.96. The van der Waals surface area contributed by atoms with E-state index in [9.17, 15) is 0 Å². The molecule has 0 saturated heterocycles. The summed E-state index contributed by atoms with van der Waals surface area (Å²) in [5.74, 6) is 0. The van der Waals surface area contributed by atoms with Crippen LogP contribution >= 0.6 is 15.9 Å². The van der Waals surface area contributed by atoms with E-state index >= 15 is 0 Å². The van der Waals surface area contributed by atoms with Crippen LogP contribution in [-0.4, -0.2) is 20.3 Å². The smallest absolute Gasteiger partial charge is 0.261 e. The van der Waals surface area contributed by atoms with Gasteiger partial charge in [-0.25, -0.2) is 0 Å². The van der Waals surface area contributed by atoms with Gasteiger partial charge in [0.2, 0.25) is 0 Å². The summed E-state index contributed by atoms with van der Waals surface area (Å²) in [5.41, 5.74) is 0. The fraction of sp³-hybridized carbons (Fsp3) is 0.538. The summed E-state index contributed by atoms with van der Waals surface area (Å²) in [6.45, 7) is 7.92. The Labute approximate surface area is 188 Å². The third kappa shape index (κ3) is 7.08. The van der Waals surface area contributed by atoms with Gasteiger partial charge in [-0.05, 0) is 28.3 Å². The lowest BCUT2D eigenvalue weighted by Gasteiger charge is -2.43. The molecule has 0 spiro atoms. The van der Waals surface area contributed by atoms with Crippen molar-refractivity contribution in [3.63, 3.8) is 0 Å². The Morgan fingerprint density at radius 2 is 1.07 bits per heavy atom. The van der Waals surface area contributed by atoms with Gasteiger partial charge >= 0.3 is 0 Å². The molecule has 0 aliphatic carbocycles. The summed E-state index contributed by atoms with van der Waals surface area (Å²) >= 11 is 3.51. The van der Waals surface area contributed by atoms with Crippen molar-refractivity contribution >= 4 is 34.6 Å². The van der Waals surface area contributed by atoms with Crippen molar-refractivity contribution in [3.8, 4) is 0 Å². The molecular weight excluding hydrogens is 436 g/mol. The van der Waals surface area contributed by atoms with Crippen molar-refractivity contribution in [2.75, 3.05) is 11.9 Å². The van der Waals surface area contributed by atoms with Crippen LogP contribution in [0.2, 0.25) is 5.04 Å². The quantitative estimate of drug-likeness (QED) is 0.171. The second-order valence-electron chi connectivity index (χ2n) is 9.03. The first-order valence-corrected chi connectivity index (χ1v) is 14.4. The van der Waals surface area contributed by atoms with Gasteiger partial charge in [0.15, 0.2) is 0 Å². The Balaban J connectivity index is 2.00. The van der Waals surface area contributed by atoms with Crippen molar-refractivity contribution in [1.29, 1.82) is 0 Å². The SMILES string of the molecule is CC(C)(C)[Si](OCCCCCCCCCCBr)(c1ccccc1)c1ccccc1. The average Bonchev–Trinajstić information content (AvgIpc) is 2.72. The van der Waals surface area contributed by atoms with Crippen LogP contribution in [0.5, 0.6) is 0 Å². The van der Waals surface area contributed by atoms with Gasteiger partial charge in [-0.2, -0.15) is 0 Å². The van der Waals surface area contributed by atoms with Crippen molar-refractivity contribution in [2.24, 2.45) is 0 Å². The van der Waals surface area contributed by atoms with E-state index in [1.54, 1.807) is 0 Å². The molecule has 0 saturated carbocycles. The molecule has 0 aromatic heterocycles. The topological polar surface area (TPSA) is 9.23 Å². The zero-order valence-electron chi connectivity index (χ0n) is 18.6. The average molecular weight is 476 g/mol. The Bertz CT molecular complexity index is 627. The van der Waals surface area contributed by atoms with E-state index in [0.29, 0.717) is 0 Å². The van der Waals surface area contributed by atoms with Crippen LogP contribution in [0.1, 0.15) is 72.1 Å². The van der Waals surface area contributed by atoms with E-state index in [-0.39, 0.29) is 5.04 Å². The van der Waals surface area contributed by atoms with E-state index < -0.39 is 8.32 Å². The Kier molecular flexibility index (Phi) is 10.7. The lowest BCUT2D eigenvalue weighted by Crippen LogP contribution is -2.66. The molecular formula is C26H39BrOSi. The molecule has 0 heterocycles. The molecule has 0 aliphatic rings. The molecule has 2 rings (SSSR count). The molecule has 0 radical (unpaired) electrons. The molecule has 2 aromatic carbocycles. The van der Waals surface area contributed by atoms with E-state index in [2.05, 4.69) is 97.4 Å². The van der Waals surface area contributed by atoms with Gasteiger partial charge in [0.25, 0.3) is 8.32 Å². The van der Waals surface area contributed by atoms with Crippen LogP contribution in [-0.2, 0) is 4.43 Å². The molecule has 0 bridgehead atoms. The summed E-state index contributed by atoms with van der Waals surface area (Å²) in [5, 5.41) is 3.98. The van der Waals surface area contributed by atoms with Gasteiger partial charge in [-0.15, -0.1) is 0 Å². The standard InChI is InChI=1S/C26H39BrOSi/c1-26(2,3)29(24-18-12-10-13-19-24,25-20-14-11-15-21-25)28-23-17-9-7-5-4-6-8-16-22-27/h10-15,18-21H,4-9,16-17,22-23H2,1-3H3. The highest BCUT2D eigenvalue weighted by atomic mass is 79.9. The van der Waals surface area contributed by atoms with E-state index in [1.165, 1.54) is 55.3 Å². The van der Waals surface area contributed by atoms with E-state index in [0.717, 1.165) is 18.4 Å². The number of benzene rings is 2. The van der Waals surface area contributed by atoms with Crippen LogP contribution in [0.3, 0.4) is 0 Å². The van der Waals surface area contributed by atoms with Gasteiger partial charge in [0.05, 0.1) is 0 Å². The molecule has 29 heavy (non-hydrogen) atoms. The van der Waals surface area contributed by atoms with Gasteiger partial charge in [0.1, 0.15) is 0 Å². The minimum atomic E-state index is -2.34. The van der Waals surface area contributed by atoms with Gasteiger partial charge in [0, 0.05) is 11.9 Å². The zero-order valence-corrected chi connectivity index (χ0v) is 21.2. The Morgan fingerprint density at radius 1 is 0.655 bits per heavy atom. The Morgan fingerprint density at radius 3 is 1.48 bits per heavy atom. The molecule has 1 nitrogen and oxygen atoms in total. The largest absolute Gasteiger partial charge is 0.407 e. The molecule has 0 atom stereocenters. The maximum Gasteiger partial charge on any atom is 0.261 e. The van der Waals surface area contributed by atoms with Crippen molar-refractivity contribution in [1.82, 2.24) is 0 Å². The summed E-state index contributed by atoms with van der Waals surface area (Å²) in [6.07, 6.45) is 10.6. The fourth-order valence-corrected chi connectivity index (χ4v) is 9.25. The highest BCUT2D eigenvalue weighted by molar-refractivity contribution is 9.09. The monoisotopic (exact) mass is 474 g/mol. The first-order valence-electron chi connectivity index (χ1n) is 11.3. The van der Waals surface area contributed by atoms with Crippen LogP contribution in [0, 0.1) is 0 Å². The molecule has 2 aromatic rings. The second kappa shape index (κ2) is 12.7. The van der Waals surface area contributed by atoms with E-state index in [1.807, 2.05) is 0 Å². The lowest BCUT2D eigenvalue weighted by atomic mass is 10.1. The van der Waals surface area contributed by atoms with Crippen molar-refractivity contribution in [3.05, 3.63) is 60.7 Å². The molecule has 0 aliphatic heterocycles. The summed E-state index contributed by atoms with van der Waals surface area (Å²) in [6, 6.07) is 21.9. The normalized spacial score (nSPS) is 12.3. The molecule has 0 unspecified atom stereocenters. The number of alkyl halides is 1. The summed E-state index contributed by atoms with van der Waals surface area (Å²) in [4.78, 5) is 0. The summed E-state index contributed by atoms with van der Waals surface area (Å²) in [7, 11) is -2.34. The Hall–Kier alpha value is -0.903. The van der Waals surface area contributed by atoms with Crippen LogP contribution in [0.15, 0.2) is 60.7 Å². The molecule has 0 N–H and O–H groups in total. The molecule has 0 fully saturated rings.